The van der Waals surface area contributed by atoms with E-state index in [4.69, 9.17) is 10.5 Å². The summed E-state index contributed by atoms with van der Waals surface area (Å²) in [6.45, 7) is 3.11. The van der Waals surface area contributed by atoms with Crippen molar-refractivity contribution in [3.8, 4) is 0 Å². The highest BCUT2D eigenvalue weighted by Crippen LogP contribution is 2.25. The molecule has 0 bridgehead atoms. The van der Waals surface area contributed by atoms with Crippen molar-refractivity contribution in [1.82, 2.24) is 24.7 Å². The Hall–Kier alpha value is -2.39. The Balaban J connectivity index is 1.51. The summed E-state index contributed by atoms with van der Waals surface area (Å²) in [5.41, 5.74) is 6.90. The molecule has 0 unspecified atom stereocenters. The van der Waals surface area contributed by atoms with Gasteiger partial charge in [-0.1, -0.05) is 23.9 Å². The van der Waals surface area contributed by atoms with Gasteiger partial charge in [-0.2, -0.15) is 0 Å². The van der Waals surface area contributed by atoms with E-state index in [2.05, 4.69) is 25.1 Å². The van der Waals surface area contributed by atoms with E-state index in [0.717, 1.165) is 48.3 Å². The number of nitrogen functional groups attached to an aromatic ring is 1. The van der Waals surface area contributed by atoms with Crippen LogP contribution in [0.25, 0.3) is 10.9 Å². The van der Waals surface area contributed by atoms with E-state index >= 15 is 0 Å². The standard InChI is InChI=1S/C16H19N7OS/c1-22-15(23-6-8-24-9-7-23)20-21-16(22)25-10-13-18-12-5-3-2-4-11(12)14(17)19-13/h2-5H,6-10H2,1H3,(H2,17,18,19). The normalized spacial score (nSPS) is 15.0. The van der Waals surface area contributed by atoms with Crippen LogP contribution in [-0.4, -0.2) is 51.0 Å². The molecule has 2 aromatic heterocycles. The van der Waals surface area contributed by atoms with Gasteiger partial charge in [0.1, 0.15) is 11.6 Å². The molecule has 8 nitrogen and oxygen atoms in total. The van der Waals surface area contributed by atoms with Crippen molar-refractivity contribution in [1.29, 1.82) is 0 Å². The first kappa shape index (κ1) is 16.1. The number of morpholine rings is 1. The van der Waals surface area contributed by atoms with E-state index in [0.29, 0.717) is 17.4 Å². The van der Waals surface area contributed by atoms with Gasteiger partial charge in [-0.05, 0) is 12.1 Å². The minimum Gasteiger partial charge on any atom is -0.383 e. The average Bonchev–Trinajstić information content (AvgIpc) is 3.01. The lowest BCUT2D eigenvalue weighted by Gasteiger charge is -2.27. The first-order valence-electron chi connectivity index (χ1n) is 8.08. The summed E-state index contributed by atoms with van der Waals surface area (Å²) < 4.78 is 7.39. The molecule has 0 aliphatic carbocycles. The average molecular weight is 357 g/mol. The number of para-hydroxylation sites is 1. The maximum Gasteiger partial charge on any atom is 0.227 e. The van der Waals surface area contributed by atoms with E-state index in [1.54, 1.807) is 11.8 Å². The first-order valence-corrected chi connectivity index (χ1v) is 9.07. The summed E-state index contributed by atoms with van der Waals surface area (Å²) in [5.74, 6) is 2.65. The van der Waals surface area contributed by atoms with Gasteiger partial charge in [0.05, 0.1) is 24.5 Å². The summed E-state index contributed by atoms with van der Waals surface area (Å²) in [4.78, 5) is 11.2. The molecule has 0 spiro atoms. The number of nitrogens with zero attached hydrogens (tertiary/aromatic N) is 6. The lowest BCUT2D eigenvalue weighted by molar-refractivity contribution is 0.121. The highest BCUT2D eigenvalue weighted by Gasteiger charge is 2.18. The molecular weight excluding hydrogens is 338 g/mol. The molecule has 0 radical (unpaired) electrons. The number of rotatable bonds is 4. The van der Waals surface area contributed by atoms with Crippen LogP contribution in [-0.2, 0) is 17.5 Å². The fourth-order valence-corrected chi connectivity index (χ4v) is 3.58. The summed E-state index contributed by atoms with van der Waals surface area (Å²) in [6.07, 6.45) is 0. The van der Waals surface area contributed by atoms with Crippen molar-refractivity contribution < 1.29 is 4.74 Å². The van der Waals surface area contributed by atoms with E-state index < -0.39 is 0 Å². The van der Waals surface area contributed by atoms with E-state index in [9.17, 15) is 0 Å². The Morgan fingerprint density at radius 1 is 1.16 bits per heavy atom. The Morgan fingerprint density at radius 3 is 2.80 bits per heavy atom. The van der Waals surface area contributed by atoms with Crippen LogP contribution < -0.4 is 10.6 Å². The van der Waals surface area contributed by atoms with Gasteiger partial charge in [-0.15, -0.1) is 10.2 Å². The molecule has 1 aromatic carbocycles. The zero-order valence-electron chi connectivity index (χ0n) is 13.9. The second-order valence-corrected chi connectivity index (χ2v) is 6.71. The van der Waals surface area contributed by atoms with Crippen LogP contribution in [0.1, 0.15) is 5.82 Å². The maximum atomic E-state index is 6.05. The number of thioether (sulfide) groups is 1. The molecule has 4 rings (SSSR count). The number of fused-ring (bicyclic) bond motifs is 1. The molecule has 3 heterocycles. The van der Waals surface area contributed by atoms with Gasteiger partial charge >= 0.3 is 0 Å². The summed E-state index contributed by atoms with van der Waals surface area (Å²) in [5, 5.41) is 10.3. The first-order chi connectivity index (χ1) is 12.2. The molecule has 1 fully saturated rings. The van der Waals surface area contributed by atoms with Crippen LogP contribution in [0.15, 0.2) is 29.4 Å². The molecule has 3 aromatic rings. The Labute approximate surface area is 149 Å². The summed E-state index contributed by atoms with van der Waals surface area (Å²) in [7, 11) is 1.97. The second-order valence-electron chi connectivity index (χ2n) is 5.77. The quantitative estimate of drug-likeness (QED) is 0.702. The van der Waals surface area contributed by atoms with Crippen LogP contribution >= 0.6 is 11.8 Å². The molecular formula is C16H19N7OS. The second kappa shape index (κ2) is 6.85. The Bertz CT molecular complexity index is 891. The Morgan fingerprint density at radius 2 is 1.96 bits per heavy atom. The maximum absolute atomic E-state index is 6.05. The van der Waals surface area contributed by atoms with Gasteiger partial charge < -0.3 is 15.4 Å². The number of nitrogens with two attached hydrogens (primary N) is 1. The van der Waals surface area contributed by atoms with Gasteiger partial charge in [-0.25, -0.2) is 9.97 Å². The van der Waals surface area contributed by atoms with Crippen molar-refractivity contribution in [3.05, 3.63) is 30.1 Å². The van der Waals surface area contributed by atoms with Gasteiger partial charge in [0.15, 0.2) is 5.16 Å². The predicted molar refractivity (Wildman–Crippen MR) is 97.5 cm³/mol. The fraction of sp³-hybridized carbons (Fsp3) is 0.375. The molecule has 1 aliphatic heterocycles. The van der Waals surface area contributed by atoms with Crippen molar-refractivity contribution >= 4 is 34.4 Å². The van der Waals surface area contributed by atoms with Gasteiger partial charge in [0.25, 0.3) is 0 Å². The number of hydrogen-bond acceptors (Lipinski definition) is 8. The molecule has 0 saturated carbocycles. The van der Waals surface area contributed by atoms with Gasteiger partial charge in [-0.3, -0.25) is 4.57 Å². The van der Waals surface area contributed by atoms with Crippen molar-refractivity contribution in [2.45, 2.75) is 10.9 Å². The number of hydrogen-bond donors (Lipinski definition) is 1. The lowest BCUT2D eigenvalue weighted by atomic mass is 10.2. The summed E-state index contributed by atoms with van der Waals surface area (Å²) >= 11 is 1.55. The molecule has 1 aliphatic rings. The van der Waals surface area contributed by atoms with Crippen LogP contribution in [0.4, 0.5) is 11.8 Å². The third-order valence-corrected chi connectivity index (χ3v) is 5.13. The third-order valence-electron chi connectivity index (χ3n) is 4.12. The molecule has 2 N–H and O–H groups in total. The van der Waals surface area contributed by atoms with Crippen LogP contribution in [0.3, 0.4) is 0 Å². The highest BCUT2D eigenvalue weighted by atomic mass is 32.2. The SMILES string of the molecule is Cn1c(SCc2nc(N)c3ccccc3n2)nnc1N1CCOCC1. The zero-order valence-corrected chi connectivity index (χ0v) is 14.7. The largest absolute Gasteiger partial charge is 0.383 e. The van der Waals surface area contributed by atoms with Crippen molar-refractivity contribution in [2.24, 2.45) is 7.05 Å². The van der Waals surface area contributed by atoms with Crippen molar-refractivity contribution in [3.63, 3.8) is 0 Å². The summed E-state index contributed by atoms with van der Waals surface area (Å²) in [6, 6.07) is 7.76. The Kier molecular flexibility index (Phi) is 4.41. The molecule has 130 valence electrons. The number of anilines is 2. The third kappa shape index (κ3) is 3.24. The molecule has 1 saturated heterocycles. The van der Waals surface area contributed by atoms with Gasteiger partial charge in [0, 0.05) is 25.5 Å². The van der Waals surface area contributed by atoms with Gasteiger partial charge in [0.2, 0.25) is 5.95 Å². The number of aromatic nitrogens is 5. The van der Waals surface area contributed by atoms with E-state index in [1.165, 1.54) is 0 Å². The van der Waals surface area contributed by atoms with Crippen LogP contribution in [0, 0.1) is 0 Å². The molecule has 0 atom stereocenters. The predicted octanol–water partition coefficient (Wildman–Crippen LogP) is 1.47. The smallest absolute Gasteiger partial charge is 0.227 e. The molecule has 0 amide bonds. The lowest BCUT2D eigenvalue weighted by Crippen LogP contribution is -2.37. The van der Waals surface area contributed by atoms with Crippen LogP contribution in [0.5, 0.6) is 0 Å². The molecule has 9 heteroatoms. The van der Waals surface area contributed by atoms with Crippen LogP contribution in [0.2, 0.25) is 0 Å². The monoisotopic (exact) mass is 357 g/mol. The zero-order chi connectivity index (χ0) is 17.2. The minimum atomic E-state index is 0.508. The number of ether oxygens (including phenoxy) is 1. The number of benzene rings is 1. The molecule has 25 heavy (non-hydrogen) atoms. The minimum absolute atomic E-state index is 0.508. The van der Waals surface area contributed by atoms with E-state index in [1.807, 2.05) is 35.9 Å². The fourth-order valence-electron chi connectivity index (χ4n) is 2.82. The highest BCUT2D eigenvalue weighted by molar-refractivity contribution is 7.98. The van der Waals surface area contributed by atoms with Crippen molar-refractivity contribution in [2.75, 3.05) is 36.9 Å². The topological polar surface area (TPSA) is 95.0 Å². The van der Waals surface area contributed by atoms with E-state index in [-0.39, 0.29) is 0 Å².